The van der Waals surface area contributed by atoms with E-state index in [0.29, 0.717) is 17.0 Å². The Balaban J connectivity index is 2.32. The predicted molar refractivity (Wildman–Crippen MR) is 86.1 cm³/mol. The number of thiocarbonyl (C=S) groups is 1. The first-order valence-corrected chi connectivity index (χ1v) is 6.69. The number of hydrogen-bond donors (Lipinski definition) is 1. The minimum atomic E-state index is -0.0666. The van der Waals surface area contributed by atoms with Crippen molar-refractivity contribution in [3.63, 3.8) is 0 Å². The van der Waals surface area contributed by atoms with Crippen molar-refractivity contribution >= 4 is 28.8 Å². The molecule has 0 aromatic heterocycles. The molecule has 1 amide bonds. The van der Waals surface area contributed by atoms with Crippen molar-refractivity contribution in [1.82, 2.24) is 0 Å². The zero-order valence-corrected chi connectivity index (χ0v) is 12.1. The molecule has 0 radical (unpaired) electrons. The molecule has 0 heterocycles. The highest BCUT2D eigenvalue weighted by molar-refractivity contribution is 7.80. The van der Waals surface area contributed by atoms with Crippen LogP contribution in [-0.2, 0) is 6.42 Å². The van der Waals surface area contributed by atoms with Crippen LogP contribution in [0.3, 0.4) is 0 Å². The molecule has 2 rings (SSSR count). The van der Waals surface area contributed by atoms with Crippen molar-refractivity contribution in [3.8, 4) is 0 Å². The molecule has 2 N–H and O–H groups in total. The summed E-state index contributed by atoms with van der Waals surface area (Å²) in [4.78, 5) is 14.6. The molecule has 0 saturated carbocycles. The second-order valence-corrected chi connectivity index (χ2v) is 5.02. The van der Waals surface area contributed by atoms with Crippen molar-refractivity contribution in [2.45, 2.75) is 6.42 Å². The average molecular weight is 284 g/mol. The summed E-state index contributed by atoms with van der Waals surface area (Å²) in [5.41, 5.74) is 7.92. The van der Waals surface area contributed by atoms with Crippen LogP contribution in [-0.4, -0.2) is 17.9 Å². The summed E-state index contributed by atoms with van der Waals surface area (Å²) in [6.45, 7) is 0. The minimum absolute atomic E-state index is 0.0666. The van der Waals surface area contributed by atoms with E-state index < -0.39 is 0 Å². The summed E-state index contributed by atoms with van der Waals surface area (Å²) < 4.78 is 0. The molecular formula is C16H16N2OS. The first-order chi connectivity index (χ1) is 9.59. The van der Waals surface area contributed by atoms with Gasteiger partial charge in [-0.2, -0.15) is 0 Å². The molecule has 0 atom stereocenters. The maximum atomic E-state index is 12.6. The molecule has 2 aromatic rings. The fourth-order valence-electron chi connectivity index (χ4n) is 2.02. The van der Waals surface area contributed by atoms with E-state index in [1.807, 2.05) is 48.5 Å². The summed E-state index contributed by atoms with van der Waals surface area (Å²) in [6.07, 6.45) is 0.430. The molecule has 0 aliphatic carbocycles. The molecule has 0 fully saturated rings. The van der Waals surface area contributed by atoms with Gasteiger partial charge in [0.1, 0.15) is 0 Å². The molecule has 0 bridgehead atoms. The Morgan fingerprint density at radius 1 is 1.10 bits per heavy atom. The van der Waals surface area contributed by atoms with Gasteiger partial charge < -0.3 is 10.6 Å². The van der Waals surface area contributed by atoms with Crippen molar-refractivity contribution in [1.29, 1.82) is 0 Å². The van der Waals surface area contributed by atoms with Crippen molar-refractivity contribution in [2.24, 2.45) is 5.73 Å². The van der Waals surface area contributed by atoms with Gasteiger partial charge in [0.05, 0.1) is 4.99 Å². The molecule has 0 spiro atoms. The van der Waals surface area contributed by atoms with E-state index in [2.05, 4.69) is 0 Å². The Morgan fingerprint density at radius 2 is 1.70 bits per heavy atom. The van der Waals surface area contributed by atoms with E-state index in [1.165, 1.54) is 0 Å². The number of carbonyl (C=O) groups is 1. The maximum Gasteiger partial charge on any atom is 0.258 e. The lowest BCUT2D eigenvalue weighted by atomic mass is 10.0. The van der Waals surface area contributed by atoms with Gasteiger partial charge in [-0.3, -0.25) is 4.79 Å². The topological polar surface area (TPSA) is 46.3 Å². The van der Waals surface area contributed by atoms with Crippen molar-refractivity contribution < 1.29 is 4.79 Å². The summed E-state index contributed by atoms with van der Waals surface area (Å²) in [6, 6.07) is 16.9. The van der Waals surface area contributed by atoms with Crippen LogP contribution in [0, 0.1) is 0 Å². The van der Waals surface area contributed by atoms with E-state index >= 15 is 0 Å². The second-order valence-electron chi connectivity index (χ2n) is 4.50. The summed E-state index contributed by atoms with van der Waals surface area (Å²) in [5, 5.41) is 0. The van der Waals surface area contributed by atoms with E-state index in [9.17, 15) is 4.79 Å². The number of benzene rings is 2. The maximum absolute atomic E-state index is 12.6. The SMILES string of the molecule is CN(C(=O)c1ccccc1CC(N)=S)c1ccccc1. The number of hydrogen-bond acceptors (Lipinski definition) is 2. The number of amides is 1. The van der Waals surface area contributed by atoms with Crippen molar-refractivity contribution in [3.05, 3.63) is 65.7 Å². The highest BCUT2D eigenvalue weighted by Crippen LogP contribution is 2.17. The van der Waals surface area contributed by atoms with Crippen LogP contribution < -0.4 is 10.6 Å². The van der Waals surface area contributed by atoms with Crippen LogP contribution in [0.25, 0.3) is 0 Å². The van der Waals surface area contributed by atoms with Crippen LogP contribution in [0.4, 0.5) is 5.69 Å². The Kier molecular flexibility index (Phi) is 4.48. The summed E-state index contributed by atoms with van der Waals surface area (Å²) in [7, 11) is 1.76. The molecule has 0 unspecified atom stereocenters. The van der Waals surface area contributed by atoms with Gasteiger partial charge in [0, 0.05) is 24.7 Å². The molecule has 102 valence electrons. The molecule has 0 aliphatic heterocycles. The molecular weight excluding hydrogens is 268 g/mol. The fraction of sp³-hybridized carbons (Fsp3) is 0.125. The van der Waals surface area contributed by atoms with E-state index in [0.717, 1.165) is 11.3 Å². The summed E-state index contributed by atoms with van der Waals surface area (Å²) >= 11 is 4.94. The van der Waals surface area contributed by atoms with Crippen LogP contribution in [0.15, 0.2) is 54.6 Å². The number of carbonyl (C=O) groups excluding carboxylic acids is 1. The normalized spacial score (nSPS) is 10.1. The van der Waals surface area contributed by atoms with Gasteiger partial charge in [-0.25, -0.2) is 0 Å². The first kappa shape index (κ1) is 14.2. The van der Waals surface area contributed by atoms with E-state index in [-0.39, 0.29) is 5.91 Å². The smallest absolute Gasteiger partial charge is 0.258 e. The number of nitrogens with zero attached hydrogens (tertiary/aromatic N) is 1. The quantitative estimate of drug-likeness (QED) is 0.878. The Bertz CT molecular complexity index is 625. The standard InChI is InChI=1S/C16H16N2OS/c1-18(13-8-3-2-4-9-13)16(19)14-10-6-5-7-12(14)11-15(17)20/h2-10H,11H2,1H3,(H2,17,20). The molecule has 4 heteroatoms. The fourth-order valence-corrected chi connectivity index (χ4v) is 2.18. The highest BCUT2D eigenvalue weighted by atomic mass is 32.1. The lowest BCUT2D eigenvalue weighted by Gasteiger charge is -2.19. The largest absolute Gasteiger partial charge is 0.393 e. The monoisotopic (exact) mass is 284 g/mol. The van der Waals surface area contributed by atoms with Gasteiger partial charge in [0.15, 0.2) is 0 Å². The Morgan fingerprint density at radius 3 is 2.35 bits per heavy atom. The van der Waals surface area contributed by atoms with E-state index in [1.54, 1.807) is 18.0 Å². The zero-order valence-electron chi connectivity index (χ0n) is 11.2. The van der Waals surface area contributed by atoms with Crippen LogP contribution in [0.5, 0.6) is 0 Å². The van der Waals surface area contributed by atoms with Crippen LogP contribution >= 0.6 is 12.2 Å². The number of para-hydroxylation sites is 1. The summed E-state index contributed by atoms with van der Waals surface area (Å²) in [5.74, 6) is -0.0666. The molecule has 2 aromatic carbocycles. The van der Waals surface area contributed by atoms with Gasteiger partial charge in [-0.1, -0.05) is 48.6 Å². The third-order valence-electron chi connectivity index (χ3n) is 3.06. The third kappa shape index (κ3) is 3.22. The third-order valence-corrected chi connectivity index (χ3v) is 3.20. The predicted octanol–water partition coefficient (Wildman–Crippen LogP) is 2.79. The Labute approximate surface area is 124 Å². The minimum Gasteiger partial charge on any atom is -0.393 e. The molecule has 0 saturated heterocycles. The highest BCUT2D eigenvalue weighted by Gasteiger charge is 2.16. The molecule has 3 nitrogen and oxygen atoms in total. The van der Waals surface area contributed by atoms with Gasteiger partial charge in [-0.05, 0) is 23.8 Å². The lowest BCUT2D eigenvalue weighted by molar-refractivity contribution is 0.0992. The van der Waals surface area contributed by atoms with Crippen molar-refractivity contribution in [2.75, 3.05) is 11.9 Å². The van der Waals surface area contributed by atoms with Gasteiger partial charge in [0.2, 0.25) is 0 Å². The number of anilines is 1. The van der Waals surface area contributed by atoms with Gasteiger partial charge in [0.25, 0.3) is 5.91 Å². The zero-order chi connectivity index (χ0) is 14.5. The number of rotatable bonds is 4. The molecule has 0 aliphatic rings. The second kappa shape index (κ2) is 6.30. The lowest BCUT2D eigenvalue weighted by Crippen LogP contribution is -2.27. The van der Waals surface area contributed by atoms with Crippen LogP contribution in [0.2, 0.25) is 0 Å². The average Bonchev–Trinajstić information content (AvgIpc) is 2.46. The molecule has 20 heavy (non-hydrogen) atoms. The van der Waals surface area contributed by atoms with Crippen LogP contribution in [0.1, 0.15) is 15.9 Å². The van der Waals surface area contributed by atoms with E-state index in [4.69, 9.17) is 18.0 Å². The first-order valence-electron chi connectivity index (χ1n) is 6.29. The van der Waals surface area contributed by atoms with Gasteiger partial charge >= 0.3 is 0 Å². The number of nitrogens with two attached hydrogens (primary N) is 1. The van der Waals surface area contributed by atoms with Gasteiger partial charge in [-0.15, -0.1) is 0 Å². The Hall–Kier alpha value is -2.20.